The molecule has 0 N–H and O–H groups in total. The molecule has 0 saturated carbocycles. The number of hydrogen-bond donors (Lipinski definition) is 0. The number of hydrogen-bond acceptors (Lipinski definition) is 3. The fourth-order valence-electron chi connectivity index (χ4n) is 1.44. The van der Waals surface area contributed by atoms with Gasteiger partial charge in [0.15, 0.2) is 5.13 Å². The summed E-state index contributed by atoms with van der Waals surface area (Å²) < 4.78 is 0.932. The van der Waals surface area contributed by atoms with E-state index in [1.54, 1.807) is 11.3 Å². The molecular weight excluding hydrogens is 260 g/mol. The summed E-state index contributed by atoms with van der Waals surface area (Å²) in [6, 6.07) is 0.549. The van der Waals surface area contributed by atoms with Crippen LogP contribution in [0.3, 0.4) is 0 Å². The summed E-state index contributed by atoms with van der Waals surface area (Å²) in [5.74, 6) is 0.732. The summed E-state index contributed by atoms with van der Waals surface area (Å²) in [5, 5.41) is 3.11. The summed E-state index contributed by atoms with van der Waals surface area (Å²) in [7, 11) is 2.11. The van der Waals surface area contributed by atoms with Gasteiger partial charge in [0.25, 0.3) is 0 Å². The SMILES string of the molecule is CC(C)CC(C)N(C)c1nc(Br)cs1. The lowest BCUT2D eigenvalue weighted by molar-refractivity contribution is 0.503. The minimum Gasteiger partial charge on any atom is -0.348 e. The topological polar surface area (TPSA) is 16.1 Å². The van der Waals surface area contributed by atoms with E-state index in [2.05, 4.69) is 53.6 Å². The van der Waals surface area contributed by atoms with E-state index < -0.39 is 0 Å². The van der Waals surface area contributed by atoms with E-state index in [0.717, 1.165) is 15.7 Å². The number of aromatic nitrogens is 1. The van der Waals surface area contributed by atoms with E-state index in [0.29, 0.717) is 6.04 Å². The van der Waals surface area contributed by atoms with Crippen molar-refractivity contribution in [2.24, 2.45) is 5.92 Å². The molecule has 14 heavy (non-hydrogen) atoms. The summed E-state index contributed by atoms with van der Waals surface area (Å²) in [5.41, 5.74) is 0. The molecule has 80 valence electrons. The fourth-order valence-corrected chi connectivity index (χ4v) is 2.75. The maximum atomic E-state index is 4.40. The van der Waals surface area contributed by atoms with Gasteiger partial charge in [-0.2, -0.15) is 0 Å². The van der Waals surface area contributed by atoms with Gasteiger partial charge < -0.3 is 4.90 Å². The first-order valence-corrected chi connectivity index (χ1v) is 6.51. The minimum atomic E-state index is 0.549. The fraction of sp³-hybridized carbons (Fsp3) is 0.700. The number of thiazole rings is 1. The second-order valence-electron chi connectivity index (χ2n) is 4.04. The van der Waals surface area contributed by atoms with E-state index >= 15 is 0 Å². The Morgan fingerprint density at radius 1 is 1.50 bits per heavy atom. The predicted octanol–water partition coefficient (Wildman–Crippen LogP) is 3.78. The smallest absolute Gasteiger partial charge is 0.186 e. The monoisotopic (exact) mass is 276 g/mol. The van der Waals surface area contributed by atoms with Gasteiger partial charge >= 0.3 is 0 Å². The highest BCUT2D eigenvalue weighted by molar-refractivity contribution is 9.10. The van der Waals surface area contributed by atoms with Crippen LogP contribution in [0.5, 0.6) is 0 Å². The molecule has 1 rings (SSSR count). The summed E-state index contributed by atoms with van der Waals surface area (Å²) in [6.45, 7) is 6.75. The third-order valence-electron chi connectivity index (χ3n) is 2.24. The zero-order valence-electron chi connectivity index (χ0n) is 9.12. The lowest BCUT2D eigenvalue weighted by atomic mass is 10.0. The Bertz CT molecular complexity index is 285. The normalized spacial score (nSPS) is 13.3. The second kappa shape index (κ2) is 5.12. The van der Waals surface area contributed by atoms with Crippen LogP contribution in [-0.4, -0.2) is 18.1 Å². The molecule has 1 heterocycles. The molecule has 0 radical (unpaired) electrons. The lowest BCUT2D eigenvalue weighted by Crippen LogP contribution is -2.29. The molecular formula is C10H17BrN2S. The number of anilines is 1. The van der Waals surface area contributed by atoms with E-state index in [-0.39, 0.29) is 0 Å². The largest absolute Gasteiger partial charge is 0.348 e. The molecule has 4 heteroatoms. The van der Waals surface area contributed by atoms with Crippen LogP contribution in [0.15, 0.2) is 9.98 Å². The minimum absolute atomic E-state index is 0.549. The van der Waals surface area contributed by atoms with Gasteiger partial charge in [-0.05, 0) is 35.2 Å². The van der Waals surface area contributed by atoms with Crippen molar-refractivity contribution >= 4 is 32.4 Å². The Hall–Kier alpha value is -0.0900. The Kier molecular flexibility index (Phi) is 4.38. The van der Waals surface area contributed by atoms with Crippen LogP contribution in [0.2, 0.25) is 0 Å². The summed E-state index contributed by atoms with van der Waals surface area (Å²) in [4.78, 5) is 6.65. The first-order valence-electron chi connectivity index (χ1n) is 4.84. The molecule has 0 amide bonds. The zero-order chi connectivity index (χ0) is 10.7. The first-order chi connectivity index (χ1) is 6.50. The molecule has 0 aliphatic carbocycles. The maximum Gasteiger partial charge on any atom is 0.186 e. The van der Waals surface area contributed by atoms with Crippen molar-refractivity contribution in [2.45, 2.75) is 33.2 Å². The second-order valence-corrected chi connectivity index (χ2v) is 5.69. The Labute approximate surface area is 98.5 Å². The zero-order valence-corrected chi connectivity index (χ0v) is 11.5. The van der Waals surface area contributed by atoms with Gasteiger partial charge in [-0.3, -0.25) is 0 Å². The Morgan fingerprint density at radius 3 is 2.57 bits per heavy atom. The van der Waals surface area contributed by atoms with Crippen molar-refractivity contribution in [1.82, 2.24) is 4.98 Å². The van der Waals surface area contributed by atoms with Crippen LogP contribution >= 0.6 is 27.3 Å². The van der Waals surface area contributed by atoms with Crippen LogP contribution in [0, 0.1) is 5.92 Å². The predicted molar refractivity (Wildman–Crippen MR) is 67.1 cm³/mol. The highest BCUT2D eigenvalue weighted by Crippen LogP contribution is 2.25. The average Bonchev–Trinajstić information content (AvgIpc) is 2.49. The average molecular weight is 277 g/mol. The first kappa shape index (κ1) is 12.0. The molecule has 1 aromatic heterocycles. The van der Waals surface area contributed by atoms with Gasteiger partial charge in [0.1, 0.15) is 4.60 Å². The summed E-state index contributed by atoms with van der Waals surface area (Å²) >= 11 is 5.05. The van der Waals surface area contributed by atoms with Crippen molar-refractivity contribution in [1.29, 1.82) is 0 Å². The van der Waals surface area contributed by atoms with Crippen molar-refractivity contribution in [2.75, 3.05) is 11.9 Å². The van der Waals surface area contributed by atoms with E-state index in [1.165, 1.54) is 6.42 Å². The van der Waals surface area contributed by atoms with Crippen LogP contribution in [0.1, 0.15) is 27.2 Å². The molecule has 0 aromatic carbocycles. The third-order valence-corrected chi connectivity index (χ3v) is 3.88. The number of nitrogens with zero attached hydrogens (tertiary/aromatic N) is 2. The molecule has 0 aliphatic heterocycles. The number of rotatable bonds is 4. The molecule has 0 saturated heterocycles. The van der Waals surface area contributed by atoms with E-state index in [9.17, 15) is 0 Å². The number of halogens is 1. The quantitative estimate of drug-likeness (QED) is 0.832. The molecule has 1 aromatic rings. The van der Waals surface area contributed by atoms with Gasteiger partial charge in [-0.25, -0.2) is 4.98 Å². The Morgan fingerprint density at radius 2 is 2.14 bits per heavy atom. The standard InChI is InChI=1S/C10H17BrN2S/c1-7(2)5-8(3)13(4)10-12-9(11)6-14-10/h6-8H,5H2,1-4H3. The molecule has 0 aliphatic rings. The van der Waals surface area contributed by atoms with Crippen LogP contribution in [0.4, 0.5) is 5.13 Å². The van der Waals surface area contributed by atoms with E-state index in [1.807, 2.05) is 5.38 Å². The van der Waals surface area contributed by atoms with Crippen molar-refractivity contribution in [3.8, 4) is 0 Å². The molecule has 0 fully saturated rings. The van der Waals surface area contributed by atoms with E-state index in [4.69, 9.17) is 0 Å². The maximum absolute atomic E-state index is 4.40. The van der Waals surface area contributed by atoms with Gasteiger partial charge in [-0.15, -0.1) is 11.3 Å². The molecule has 0 bridgehead atoms. The van der Waals surface area contributed by atoms with Crippen LogP contribution in [-0.2, 0) is 0 Å². The third kappa shape index (κ3) is 3.24. The van der Waals surface area contributed by atoms with Crippen molar-refractivity contribution in [3.63, 3.8) is 0 Å². The Balaban J connectivity index is 2.60. The highest BCUT2D eigenvalue weighted by Gasteiger charge is 2.14. The van der Waals surface area contributed by atoms with Gasteiger partial charge in [0.05, 0.1) is 0 Å². The van der Waals surface area contributed by atoms with Crippen molar-refractivity contribution < 1.29 is 0 Å². The molecule has 1 atom stereocenters. The summed E-state index contributed by atoms with van der Waals surface area (Å²) in [6.07, 6.45) is 1.20. The molecule has 1 unspecified atom stereocenters. The highest BCUT2D eigenvalue weighted by atomic mass is 79.9. The van der Waals surface area contributed by atoms with Crippen LogP contribution < -0.4 is 4.90 Å². The molecule has 2 nitrogen and oxygen atoms in total. The lowest BCUT2D eigenvalue weighted by Gasteiger charge is -2.25. The molecule has 0 spiro atoms. The van der Waals surface area contributed by atoms with Crippen molar-refractivity contribution in [3.05, 3.63) is 9.98 Å². The van der Waals surface area contributed by atoms with Crippen LogP contribution in [0.25, 0.3) is 0 Å². The van der Waals surface area contributed by atoms with Gasteiger partial charge in [0, 0.05) is 18.5 Å². The van der Waals surface area contributed by atoms with Gasteiger partial charge in [0.2, 0.25) is 0 Å². The van der Waals surface area contributed by atoms with Gasteiger partial charge in [-0.1, -0.05) is 13.8 Å².